The van der Waals surface area contributed by atoms with Crippen molar-refractivity contribution in [3.63, 3.8) is 0 Å². The second kappa shape index (κ2) is 10.2. The molecule has 0 saturated heterocycles. The Kier molecular flexibility index (Phi) is 6.94. The third-order valence-electron chi connectivity index (χ3n) is 6.38. The van der Waals surface area contributed by atoms with E-state index in [0.29, 0.717) is 5.69 Å². The van der Waals surface area contributed by atoms with Crippen LogP contribution in [-0.4, -0.2) is 36.3 Å². The molecular formula is C27H22F3N5O4S. The van der Waals surface area contributed by atoms with Gasteiger partial charge in [-0.3, -0.25) is 14.6 Å². The van der Waals surface area contributed by atoms with Gasteiger partial charge in [0.05, 0.1) is 40.2 Å². The van der Waals surface area contributed by atoms with Gasteiger partial charge in [-0.1, -0.05) is 18.2 Å². The third-order valence-corrected chi connectivity index (χ3v) is 8.04. The van der Waals surface area contributed by atoms with Gasteiger partial charge in [0.1, 0.15) is 11.9 Å². The number of halogens is 3. The predicted octanol–water partition coefficient (Wildman–Crippen LogP) is 4.25. The van der Waals surface area contributed by atoms with E-state index in [0.717, 1.165) is 29.2 Å². The predicted molar refractivity (Wildman–Crippen MR) is 140 cm³/mol. The molecular weight excluding hydrogens is 547 g/mol. The highest BCUT2D eigenvalue weighted by atomic mass is 32.2. The molecule has 0 aliphatic carbocycles. The molecule has 2 aromatic heterocycles. The Balaban J connectivity index is 1.58. The molecule has 206 valence electrons. The van der Waals surface area contributed by atoms with E-state index < -0.39 is 45.3 Å². The number of anilines is 2. The molecule has 40 heavy (non-hydrogen) atoms. The van der Waals surface area contributed by atoms with Gasteiger partial charge in [0.2, 0.25) is 0 Å². The lowest BCUT2D eigenvalue weighted by Gasteiger charge is -2.34. The first kappa shape index (κ1) is 27.1. The van der Waals surface area contributed by atoms with Crippen molar-refractivity contribution in [2.45, 2.75) is 23.0 Å². The van der Waals surface area contributed by atoms with Gasteiger partial charge in [-0.25, -0.2) is 8.42 Å². The molecule has 3 heterocycles. The summed E-state index contributed by atoms with van der Waals surface area (Å²) in [4.78, 5) is 32.3. The molecule has 3 N–H and O–H groups in total. The van der Waals surface area contributed by atoms with Gasteiger partial charge < -0.3 is 20.5 Å². The highest BCUT2D eigenvalue weighted by Crippen LogP contribution is 2.34. The van der Waals surface area contributed by atoms with Crippen LogP contribution in [0, 0.1) is 0 Å². The van der Waals surface area contributed by atoms with Crippen molar-refractivity contribution in [1.29, 1.82) is 0 Å². The quantitative estimate of drug-likeness (QED) is 0.358. The maximum absolute atomic E-state index is 13.8. The molecule has 0 spiro atoms. The average Bonchev–Trinajstić information content (AvgIpc) is 3.31. The molecule has 13 heteroatoms. The van der Waals surface area contributed by atoms with Gasteiger partial charge in [0, 0.05) is 17.6 Å². The Hall–Kier alpha value is -4.49. The lowest BCUT2D eigenvalue weighted by atomic mass is 10.1. The van der Waals surface area contributed by atoms with Crippen molar-refractivity contribution in [2.75, 3.05) is 16.8 Å². The number of amides is 2. The number of nitrogens with one attached hydrogen (secondary N) is 1. The number of hydrogen-bond donors (Lipinski definition) is 2. The number of rotatable bonds is 6. The topological polar surface area (TPSA) is 127 Å². The zero-order valence-electron chi connectivity index (χ0n) is 20.7. The van der Waals surface area contributed by atoms with Crippen LogP contribution in [0.25, 0.3) is 0 Å². The van der Waals surface area contributed by atoms with E-state index >= 15 is 0 Å². The fourth-order valence-electron chi connectivity index (χ4n) is 4.53. The van der Waals surface area contributed by atoms with Gasteiger partial charge in [0.25, 0.3) is 11.8 Å². The maximum atomic E-state index is 13.8. The summed E-state index contributed by atoms with van der Waals surface area (Å²) in [5.74, 6) is -1.98. The standard InChI is InChI=1S/C27H22F3N5O4S/c28-27(29,30)17-8-10-19(11-9-17)34-15-23(31)35-20(16-40(38,39)21-6-2-1-3-7-21)13-22(24(35)26(34)37)25(36)33-18-5-4-12-32-14-18/h1-14,23H,15-16,31H2,(H,33,36)/t23-/m1/s1. The third kappa shape index (κ3) is 5.20. The minimum Gasteiger partial charge on any atom is -0.321 e. The Morgan fingerprint density at radius 3 is 2.38 bits per heavy atom. The molecule has 0 saturated carbocycles. The maximum Gasteiger partial charge on any atom is 0.416 e. The molecule has 0 bridgehead atoms. The van der Waals surface area contributed by atoms with Gasteiger partial charge in [-0.05, 0) is 54.6 Å². The van der Waals surface area contributed by atoms with E-state index in [9.17, 15) is 31.2 Å². The van der Waals surface area contributed by atoms with Gasteiger partial charge in [0.15, 0.2) is 9.84 Å². The summed E-state index contributed by atoms with van der Waals surface area (Å²) in [5, 5.41) is 2.63. The van der Waals surface area contributed by atoms with E-state index in [1.54, 1.807) is 30.3 Å². The molecule has 0 radical (unpaired) electrons. The number of pyridine rings is 1. The van der Waals surface area contributed by atoms with Crippen molar-refractivity contribution in [2.24, 2.45) is 5.73 Å². The number of carbonyl (C=O) groups is 2. The second-order valence-electron chi connectivity index (χ2n) is 9.06. The number of alkyl halides is 3. The average molecular weight is 570 g/mol. The van der Waals surface area contributed by atoms with Gasteiger partial charge >= 0.3 is 6.18 Å². The van der Waals surface area contributed by atoms with Crippen molar-refractivity contribution in [3.05, 3.63) is 108 Å². The van der Waals surface area contributed by atoms with E-state index in [2.05, 4.69) is 10.3 Å². The summed E-state index contributed by atoms with van der Waals surface area (Å²) in [6.45, 7) is -0.173. The Labute approximate surface area is 227 Å². The second-order valence-corrected chi connectivity index (χ2v) is 11.1. The molecule has 1 aliphatic heterocycles. The molecule has 1 aliphatic rings. The van der Waals surface area contributed by atoms with Crippen LogP contribution in [0.1, 0.15) is 38.3 Å². The molecule has 0 unspecified atom stereocenters. The first-order valence-corrected chi connectivity index (χ1v) is 13.6. The fraction of sp³-hybridized carbons (Fsp3) is 0.148. The SMILES string of the molecule is N[C@H]1CN(c2ccc(C(F)(F)F)cc2)C(=O)c2c(C(=O)Nc3cccnc3)cc(CS(=O)(=O)c3ccccc3)n21. The summed E-state index contributed by atoms with van der Waals surface area (Å²) in [6.07, 6.45) is -2.67. The highest BCUT2D eigenvalue weighted by molar-refractivity contribution is 7.90. The molecule has 9 nitrogen and oxygen atoms in total. The zero-order valence-corrected chi connectivity index (χ0v) is 21.5. The van der Waals surface area contributed by atoms with Crippen molar-refractivity contribution in [1.82, 2.24) is 9.55 Å². The van der Waals surface area contributed by atoms with Crippen molar-refractivity contribution in [3.8, 4) is 0 Å². The van der Waals surface area contributed by atoms with E-state index in [1.165, 1.54) is 35.2 Å². The number of aromatic nitrogens is 2. The lowest BCUT2D eigenvalue weighted by molar-refractivity contribution is -0.137. The number of benzene rings is 2. The molecule has 4 aromatic rings. The minimum atomic E-state index is -4.56. The van der Waals surface area contributed by atoms with Crippen molar-refractivity contribution >= 4 is 33.0 Å². The number of nitrogens with two attached hydrogens (primary N) is 1. The summed E-state index contributed by atoms with van der Waals surface area (Å²) in [7, 11) is -3.89. The summed E-state index contributed by atoms with van der Waals surface area (Å²) in [5.41, 5.74) is 5.78. The molecule has 5 rings (SSSR count). The van der Waals surface area contributed by atoms with E-state index in [1.807, 2.05) is 0 Å². The van der Waals surface area contributed by atoms with Crippen LogP contribution in [0.4, 0.5) is 24.5 Å². The monoisotopic (exact) mass is 569 g/mol. The molecule has 2 aromatic carbocycles. The number of sulfone groups is 1. The highest BCUT2D eigenvalue weighted by Gasteiger charge is 2.38. The summed E-state index contributed by atoms with van der Waals surface area (Å²) >= 11 is 0. The number of hydrogen-bond acceptors (Lipinski definition) is 6. The van der Waals surface area contributed by atoms with Crippen LogP contribution >= 0.6 is 0 Å². The van der Waals surface area contributed by atoms with Crippen LogP contribution in [0.2, 0.25) is 0 Å². The summed E-state index contributed by atoms with van der Waals surface area (Å²) < 4.78 is 66.9. The first-order valence-electron chi connectivity index (χ1n) is 11.9. The Bertz CT molecular complexity index is 1670. The fourth-order valence-corrected chi connectivity index (χ4v) is 5.88. The Morgan fingerprint density at radius 2 is 1.75 bits per heavy atom. The lowest BCUT2D eigenvalue weighted by Crippen LogP contribution is -2.47. The first-order chi connectivity index (χ1) is 19.0. The van der Waals surface area contributed by atoms with E-state index in [4.69, 9.17) is 5.73 Å². The largest absolute Gasteiger partial charge is 0.416 e. The van der Waals surface area contributed by atoms with E-state index in [-0.39, 0.29) is 34.1 Å². The number of nitrogens with zero attached hydrogens (tertiary/aromatic N) is 3. The van der Waals surface area contributed by atoms with Gasteiger partial charge in [-0.15, -0.1) is 0 Å². The van der Waals surface area contributed by atoms with Crippen LogP contribution in [0.5, 0.6) is 0 Å². The number of fused-ring (bicyclic) bond motifs is 1. The smallest absolute Gasteiger partial charge is 0.321 e. The number of carbonyl (C=O) groups excluding carboxylic acids is 2. The van der Waals surface area contributed by atoms with Crippen LogP contribution in [0.15, 0.2) is 90.1 Å². The molecule has 2 amide bonds. The zero-order chi connectivity index (χ0) is 28.7. The molecule has 1 atom stereocenters. The van der Waals surface area contributed by atoms with Crippen LogP contribution < -0.4 is 16.0 Å². The normalized spacial score (nSPS) is 15.6. The minimum absolute atomic E-state index is 0.0500. The molecule has 0 fully saturated rings. The van der Waals surface area contributed by atoms with Gasteiger partial charge in [-0.2, -0.15) is 13.2 Å². The van der Waals surface area contributed by atoms with Crippen LogP contribution in [0.3, 0.4) is 0 Å². The summed E-state index contributed by atoms with van der Waals surface area (Å²) in [6, 6.07) is 16.1. The Morgan fingerprint density at radius 1 is 1.05 bits per heavy atom. The van der Waals surface area contributed by atoms with Crippen molar-refractivity contribution < 1.29 is 31.2 Å². The van der Waals surface area contributed by atoms with Crippen LogP contribution in [-0.2, 0) is 21.8 Å².